The van der Waals surface area contributed by atoms with Crippen LogP contribution in [0.15, 0.2) is 42.5 Å². The molecule has 1 heterocycles. The Bertz CT molecular complexity index is 603. The lowest BCUT2D eigenvalue weighted by atomic mass is 10.0. The molecule has 0 radical (unpaired) electrons. The van der Waals surface area contributed by atoms with Crippen LogP contribution in [-0.4, -0.2) is 17.3 Å². The second kappa shape index (κ2) is 5.65. The van der Waals surface area contributed by atoms with E-state index in [1.807, 2.05) is 36.4 Å². The monoisotopic (exact) mass is 308 g/mol. The van der Waals surface area contributed by atoms with Crippen LogP contribution in [0.3, 0.4) is 0 Å². The molecular formula is C16H14Cl2O2. The molecule has 2 unspecified atom stereocenters. The SMILES string of the molecule is OC(Cc1cccc(Cl)c1Cl)C1Cc2ccccc2O1. The van der Waals surface area contributed by atoms with Crippen LogP contribution in [0, 0.1) is 0 Å². The van der Waals surface area contributed by atoms with E-state index < -0.39 is 6.10 Å². The first-order valence-corrected chi connectivity index (χ1v) is 7.26. The lowest BCUT2D eigenvalue weighted by molar-refractivity contribution is 0.0503. The maximum Gasteiger partial charge on any atom is 0.129 e. The Hall–Kier alpha value is -1.22. The van der Waals surface area contributed by atoms with Gasteiger partial charge in [0.2, 0.25) is 0 Å². The first-order chi connectivity index (χ1) is 9.65. The van der Waals surface area contributed by atoms with E-state index in [-0.39, 0.29) is 6.10 Å². The molecular weight excluding hydrogens is 295 g/mol. The number of para-hydroxylation sites is 1. The van der Waals surface area contributed by atoms with Gasteiger partial charge >= 0.3 is 0 Å². The Kier molecular flexibility index (Phi) is 3.88. The Labute approximate surface area is 127 Å². The molecule has 2 aromatic carbocycles. The number of hydrogen-bond donors (Lipinski definition) is 1. The van der Waals surface area contributed by atoms with Crippen LogP contribution in [0.5, 0.6) is 5.75 Å². The van der Waals surface area contributed by atoms with Crippen LogP contribution in [0.2, 0.25) is 10.0 Å². The summed E-state index contributed by atoms with van der Waals surface area (Å²) < 4.78 is 5.78. The van der Waals surface area contributed by atoms with Crippen molar-refractivity contribution in [3.8, 4) is 5.75 Å². The van der Waals surface area contributed by atoms with Crippen LogP contribution >= 0.6 is 23.2 Å². The average Bonchev–Trinajstić information content (AvgIpc) is 2.88. The predicted molar refractivity (Wildman–Crippen MR) is 80.7 cm³/mol. The summed E-state index contributed by atoms with van der Waals surface area (Å²) >= 11 is 12.1. The zero-order valence-electron chi connectivity index (χ0n) is 10.7. The second-order valence-corrected chi connectivity index (χ2v) is 5.74. The highest BCUT2D eigenvalue weighted by molar-refractivity contribution is 6.42. The van der Waals surface area contributed by atoms with Gasteiger partial charge in [0.25, 0.3) is 0 Å². The molecule has 4 heteroatoms. The number of halogens is 2. The molecule has 2 aromatic rings. The fourth-order valence-electron chi connectivity index (χ4n) is 2.49. The number of aliphatic hydroxyl groups excluding tert-OH is 1. The minimum absolute atomic E-state index is 0.234. The summed E-state index contributed by atoms with van der Waals surface area (Å²) in [6.45, 7) is 0. The van der Waals surface area contributed by atoms with Gasteiger partial charge in [0.15, 0.2) is 0 Å². The van der Waals surface area contributed by atoms with Crippen molar-refractivity contribution in [3.63, 3.8) is 0 Å². The average molecular weight is 309 g/mol. The van der Waals surface area contributed by atoms with E-state index in [4.69, 9.17) is 27.9 Å². The van der Waals surface area contributed by atoms with Crippen LogP contribution in [0.25, 0.3) is 0 Å². The normalized spacial score (nSPS) is 18.4. The predicted octanol–water partition coefficient (Wildman–Crippen LogP) is 3.90. The summed E-state index contributed by atoms with van der Waals surface area (Å²) in [5, 5.41) is 11.4. The maximum atomic E-state index is 10.4. The molecule has 104 valence electrons. The van der Waals surface area contributed by atoms with Crippen molar-refractivity contribution in [3.05, 3.63) is 63.6 Å². The number of hydrogen-bond acceptors (Lipinski definition) is 2. The van der Waals surface area contributed by atoms with Gasteiger partial charge in [0.1, 0.15) is 11.9 Å². The van der Waals surface area contributed by atoms with Gasteiger partial charge in [-0.2, -0.15) is 0 Å². The lowest BCUT2D eigenvalue weighted by Gasteiger charge is -2.18. The summed E-state index contributed by atoms with van der Waals surface area (Å²) in [4.78, 5) is 0. The highest BCUT2D eigenvalue weighted by Crippen LogP contribution is 2.32. The molecule has 1 aliphatic heterocycles. The molecule has 0 aromatic heterocycles. The molecule has 0 saturated heterocycles. The highest BCUT2D eigenvalue weighted by Gasteiger charge is 2.29. The number of rotatable bonds is 3. The third kappa shape index (κ3) is 2.64. The van der Waals surface area contributed by atoms with Gasteiger partial charge in [-0.1, -0.05) is 53.5 Å². The first kappa shape index (κ1) is 13.7. The minimum Gasteiger partial charge on any atom is -0.487 e. The van der Waals surface area contributed by atoms with E-state index in [1.165, 1.54) is 0 Å². The minimum atomic E-state index is -0.613. The van der Waals surface area contributed by atoms with Crippen LogP contribution in [0.4, 0.5) is 0 Å². The molecule has 2 nitrogen and oxygen atoms in total. The Morgan fingerprint density at radius 2 is 1.95 bits per heavy atom. The molecule has 1 aliphatic rings. The smallest absolute Gasteiger partial charge is 0.129 e. The van der Waals surface area contributed by atoms with Crippen molar-refractivity contribution in [2.24, 2.45) is 0 Å². The maximum absolute atomic E-state index is 10.4. The van der Waals surface area contributed by atoms with E-state index >= 15 is 0 Å². The topological polar surface area (TPSA) is 29.5 Å². The standard InChI is InChI=1S/C16H14Cl2O2/c17-12-6-3-5-11(16(12)18)8-13(19)15-9-10-4-1-2-7-14(10)20-15/h1-7,13,15,19H,8-9H2. The number of aliphatic hydroxyl groups is 1. The van der Waals surface area contributed by atoms with Crippen LogP contribution < -0.4 is 4.74 Å². The molecule has 0 saturated carbocycles. The molecule has 0 bridgehead atoms. The molecule has 3 rings (SSSR count). The van der Waals surface area contributed by atoms with Gasteiger partial charge in [-0.05, 0) is 23.3 Å². The van der Waals surface area contributed by atoms with Crippen molar-refractivity contribution < 1.29 is 9.84 Å². The van der Waals surface area contributed by atoms with Crippen LogP contribution in [0.1, 0.15) is 11.1 Å². The van der Waals surface area contributed by atoms with E-state index in [0.29, 0.717) is 16.5 Å². The zero-order chi connectivity index (χ0) is 14.1. The molecule has 0 fully saturated rings. The highest BCUT2D eigenvalue weighted by atomic mass is 35.5. The Morgan fingerprint density at radius 3 is 2.75 bits per heavy atom. The molecule has 1 N–H and O–H groups in total. The van der Waals surface area contributed by atoms with Crippen molar-refractivity contribution in [1.82, 2.24) is 0 Å². The van der Waals surface area contributed by atoms with Crippen molar-refractivity contribution in [2.45, 2.75) is 25.0 Å². The van der Waals surface area contributed by atoms with Gasteiger partial charge in [0, 0.05) is 12.8 Å². The van der Waals surface area contributed by atoms with E-state index in [2.05, 4.69) is 0 Å². The molecule has 0 aliphatic carbocycles. The second-order valence-electron chi connectivity index (χ2n) is 4.95. The summed E-state index contributed by atoms with van der Waals surface area (Å²) in [5.41, 5.74) is 1.97. The van der Waals surface area contributed by atoms with Crippen molar-refractivity contribution in [2.75, 3.05) is 0 Å². The van der Waals surface area contributed by atoms with E-state index in [9.17, 15) is 5.11 Å². The first-order valence-electron chi connectivity index (χ1n) is 6.50. The van der Waals surface area contributed by atoms with Crippen molar-refractivity contribution >= 4 is 23.2 Å². The number of benzene rings is 2. The van der Waals surface area contributed by atoms with E-state index in [0.717, 1.165) is 23.3 Å². The number of ether oxygens (including phenoxy) is 1. The molecule has 0 spiro atoms. The van der Waals surface area contributed by atoms with Gasteiger partial charge in [-0.3, -0.25) is 0 Å². The summed E-state index contributed by atoms with van der Waals surface area (Å²) in [6.07, 6.45) is 0.300. The summed E-state index contributed by atoms with van der Waals surface area (Å²) in [7, 11) is 0. The van der Waals surface area contributed by atoms with E-state index in [1.54, 1.807) is 6.07 Å². The van der Waals surface area contributed by atoms with Gasteiger partial charge in [-0.25, -0.2) is 0 Å². The molecule has 20 heavy (non-hydrogen) atoms. The van der Waals surface area contributed by atoms with Crippen molar-refractivity contribution in [1.29, 1.82) is 0 Å². The van der Waals surface area contributed by atoms with Crippen LogP contribution in [-0.2, 0) is 12.8 Å². The molecule has 0 amide bonds. The van der Waals surface area contributed by atoms with Gasteiger partial charge in [0.05, 0.1) is 16.1 Å². The Balaban J connectivity index is 1.72. The fraction of sp³-hybridized carbons (Fsp3) is 0.250. The van der Waals surface area contributed by atoms with Gasteiger partial charge in [-0.15, -0.1) is 0 Å². The van der Waals surface area contributed by atoms with Gasteiger partial charge < -0.3 is 9.84 Å². The third-order valence-corrected chi connectivity index (χ3v) is 4.42. The third-order valence-electron chi connectivity index (χ3n) is 3.56. The molecule has 2 atom stereocenters. The largest absolute Gasteiger partial charge is 0.487 e. The Morgan fingerprint density at radius 1 is 1.15 bits per heavy atom. The summed E-state index contributed by atoms with van der Waals surface area (Å²) in [5.74, 6) is 0.855. The fourth-order valence-corrected chi connectivity index (χ4v) is 2.88. The number of fused-ring (bicyclic) bond motifs is 1. The quantitative estimate of drug-likeness (QED) is 0.932. The zero-order valence-corrected chi connectivity index (χ0v) is 12.2. The lowest BCUT2D eigenvalue weighted by Crippen LogP contribution is -2.32. The summed E-state index contributed by atoms with van der Waals surface area (Å²) in [6, 6.07) is 13.3.